The van der Waals surface area contributed by atoms with Gasteiger partial charge in [0, 0.05) is 10.9 Å². The molecule has 0 saturated heterocycles. The number of alkyl halides is 2. The third kappa shape index (κ3) is 3.27. The highest BCUT2D eigenvalue weighted by Crippen LogP contribution is 2.23. The molecule has 0 aliphatic heterocycles. The second kappa shape index (κ2) is 4.70. The Morgan fingerprint density at radius 1 is 1.53 bits per heavy atom. The van der Waals surface area contributed by atoms with Gasteiger partial charge in [0.2, 0.25) is 0 Å². The van der Waals surface area contributed by atoms with Crippen molar-refractivity contribution in [3.05, 3.63) is 28.7 Å². The van der Waals surface area contributed by atoms with Gasteiger partial charge in [-0.25, -0.2) is 4.79 Å². The van der Waals surface area contributed by atoms with Gasteiger partial charge in [-0.15, -0.1) is 0 Å². The molecule has 0 bridgehead atoms. The first-order valence-corrected chi connectivity index (χ1v) is 5.10. The number of halogens is 3. The van der Waals surface area contributed by atoms with Crippen LogP contribution in [-0.2, 0) is 4.79 Å². The van der Waals surface area contributed by atoms with Crippen LogP contribution in [-0.4, -0.2) is 11.9 Å². The Hall–Kier alpha value is -0.970. The molecule has 0 radical (unpaired) electrons. The first-order valence-electron chi connectivity index (χ1n) is 4.31. The van der Waals surface area contributed by atoms with Gasteiger partial charge in [0.05, 0.1) is 0 Å². The van der Waals surface area contributed by atoms with Gasteiger partial charge in [0.15, 0.2) is 0 Å². The van der Waals surface area contributed by atoms with E-state index < -0.39 is 18.3 Å². The molecule has 0 amide bonds. The van der Waals surface area contributed by atoms with Crippen LogP contribution in [0.2, 0.25) is 0 Å². The number of carbonyl (C=O) groups excluding carboxylic acids is 1. The quantitative estimate of drug-likeness (QED) is 0.626. The van der Waals surface area contributed by atoms with Gasteiger partial charge < -0.3 is 4.74 Å². The molecule has 2 nitrogen and oxygen atoms in total. The zero-order chi connectivity index (χ0) is 11.5. The van der Waals surface area contributed by atoms with Crippen LogP contribution in [0.4, 0.5) is 8.78 Å². The van der Waals surface area contributed by atoms with E-state index in [9.17, 15) is 13.6 Å². The van der Waals surface area contributed by atoms with E-state index in [0.717, 1.165) is 0 Å². The molecule has 0 aliphatic carbocycles. The average Bonchev–Trinajstić information content (AvgIpc) is 2.17. The normalized spacial score (nSPS) is 11.2. The molecule has 0 N–H and O–H groups in total. The van der Waals surface area contributed by atoms with E-state index in [2.05, 4.69) is 20.7 Å². The van der Waals surface area contributed by atoms with Crippen LogP contribution in [0.15, 0.2) is 28.7 Å². The van der Waals surface area contributed by atoms with Crippen molar-refractivity contribution in [2.75, 3.05) is 0 Å². The minimum Gasteiger partial charge on any atom is -0.422 e. The van der Waals surface area contributed by atoms with Crippen molar-refractivity contribution in [1.82, 2.24) is 0 Å². The molecule has 0 unspecified atom stereocenters. The molecular weight excluding hydrogens is 270 g/mol. The van der Waals surface area contributed by atoms with E-state index in [0.29, 0.717) is 4.47 Å². The molecule has 0 aromatic heterocycles. The van der Waals surface area contributed by atoms with Crippen molar-refractivity contribution in [1.29, 1.82) is 0 Å². The van der Waals surface area contributed by atoms with E-state index in [1.165, 1.54) is 19.1 Å². The summed E-state index contributed by atoms with van der Waals surface area (Å²) in [4.78, 5) is 11.0. The molecule has 1 rings (SSSR count). The second-order valence-electron chi connectivity index (χ2n) is 2.90. The highest BCUT2D eigenvalue weighted by Gasteiger charge is 2.38. The van der Waals surface area contributed by atoms with E-state index >= 15 is 0 Å². The molecule has 0 atom stereocenters. The molecule has 0 fully saturated rings. The molecular formula is C10H9BrF2O2. The van der Waals surface area contributed by atoms with Gasteiger partial charge >= 0.3 is 11.9 Å². The van der Waals surface area contributed by atoms with Crippen molar-refractivity contribution in [3.63, 3.8) is 0 Å². The van der Waals surface area contributed by atoms with Crippen molar-refractivity contribution < 1.29 is 18.3 Å². The lowest BCUT2D eigenvalue weighted by Crippen LogP contribution is -2.32. The standard InChI is InChI=1S/C10H9BrF2O2/c1-2-10(12,13)9(14)15-8-5-3-4-7(11)6-8/h3-6H,2H2,1H3. The zero-order valence-corrected chi connectivity index (χ0v) is 9.55. The molecule has 0 saturated carbocycles. The minimum atomic E-state index is -3.43. The van der Waals surface area contributed by atoms with Crippen molar-refractivity contribution in [2.45, 2.75) is 19.3 Å². The van der Waals surface area contributed by atoms with Gasteiger partial charge in [-0.05, 0) is 18.2 Å². The molecule has 0 spiro atoms. The summed E-state index contributed by atoms with van der Waals surface area (Å²) >= 11 is 3.14. The van der Waals surface area contributed by atoms with Crippen LogP contribution in [0.1, 0.15) is 13.3 Å². The van der Waals surface area contributed by atoms with Crippen LogP contribution >= 0.6 is 15.9 Å². The van der Waals surface area contributed by atoms with Gasteiger partial charge in [-0.3, -0.25) is 0 Å². The Morgan fingerprint density at radius 2 is 2.20 bits per heavy atom. The maximum absolute atomic E-state index is 12.8. The van der Waals surface area contributed by atoms with Crippen LogP contribution in [0.5, 0.6) is 5.75 Å². The zero-order valence-electron chi connectivity index (χ0n) is 7.97. The molecule has 1 aromatic carbocycles. The third-order valence-corrected chi connectivity index (χ3v) is 2.24. The van der Waals surface area contributed by atoms with Crippen molar-refractivity contribution >= 4 is 21.9 Å². The van der Waals surface area contributed by atoms with Crippen LogP contribution in [0.25, 0.3) is 0 Å². The lowest BCUT2D eigenvalue weighted by atomic mass is 10.2. The SMILES string of the molecule is CCC(F)(F)C(=O)Oc1cccc(Br)c1. The third-order valence-electron chi connectivity index (χ3n) is 1.75. The predicted octanol–water partition coefficient (Wildman–Crippen LogP) is 3.40. The lowest BCUT2D eigenvalue weighted by molar-refractivity contribution is -0.161. The summed E-state index contributed by atoms with van der Waals surface area (Å²) in [5, 5.41) is 0. The molecule has 82 valence electrons. The maximum Gasteiger partial charge on any atom is 0.382 e. The largest absolute Gasteiger partial charge is 0.422 e. The number of ether oxygens (including phenoxy) is 1. The molecule has 15 heavy (non-hydrogen) atoms. The van der Waals surface area contributed by atoms with Crippen LogP contribution in [0, 0.1) is 0 Å². The number of esters is 1. The molecule has 5 heteroatoms. The van der Waals surface area contributed by atoms with Crippen LogP contribution in [0.3, 0.4) is 0 Å². The number of rotatable bonds is 3. The topological polar surface area (TPSA) is 26.3 Å². The average molecular weight is 279 g/mol. The van der Waals surface area contributed by atoms with E-state index in [1.54, 1.807) is 12.1 Å². The Morgan fingerprint density at radius 3 is 2.73 bits per heavy atom. The van der Waals surface area contributed by atoms with E-state index in [1.807, 2.05) is 0 Å². The smallest absolute Gasteiger partial charge is 0.382 e. The Balaban J connectivity index is 2.75. The molecule has 0 heterocycles. The number of hydrogen-bond acceptors (Lipinski definition) is 2. The highest BCUT2D eigenvalue weighted by molar-refractivity contribution is 9.10. The van der Waals surface area contributed by atoms with Gasteiger partial charge in [0.1, 0.15) is 5.75 Å². The van der Waals surface area contributed by atoms with E-state index in [-0.39, 0.29) is 5.75 Å². The Kier molecular flexibility index (Phi) is 3.79. The number of hydrogen-bond donors (Lipinski definition) is 0. The van der Waals surface area contributed by atoms with Gasteiger partial charge in [-0.1, -0.05) is 28.9 Å². The summed E-state index contributed by atoms with van der Waals surface area (Å²) in [6.45, 7) is 1.22. The second-order valence-corrected chi connectivity index (χ2v) is 3.82. The number of carbonyl (C=O) groups is 1. The minimum absolute atomic E-state index is 0.0995. The number of benzene rings is 1. The maximum atomic E-state index is 12.8. The predicted molar refractivity (Wildman–Crippen MR) is 55.0 cm³/mol. The van der Waals surface area contributed by atoms with Gasteiger partial charge in [0.25, 0.3) is 0 Å². The molecule has 1 aromatic rings. The summed E-state index contributed by atoms with van der Waals surface area (Å²) in [5.74, 6) is -4.85. The Bertz CT molecular complexity index is 366. The summed E-state index contributed by atoms with van der Waals surface area (Å²) in [6.07, 6.45) is -0.570. The van der Waals surface area contributed by atoms with Crippen molar-refractivity contribution in [2.24, 2.45) is 0 Å². The summed E-state index contributed by atoms with van der Waals surface area (Å²) in [5.41, 5.74) is 0. The van der Waals surface area contributed by atoms with E-state index in [4.69, 9.17) is 0 Å². The van der Waals surface area contributed by atoms with Crippen molar-refractivity contribution in [3.8, 4) is 5.75 Å². The van der Waals surface area contributed by atoms with Crippen LogP contribution < -0.4 is 4.74 Å². The highest BCUT2D eigenvalue weighted by atomic mass is 79.9. The lowest BCUT2D eigenvalue weighted by Gasteiger charge is -2.12. The van der Waals surface area contributed by atoms with Gasteiger partial charge in [-0.2, -0.15) is 8.78 Å². The summed E-state index contributed by atoms with van der Waals surface area (Å²) in [7, 11) is 0. The summed E-state index contributed by atoms with van der Waals surface area (Å²) < 4.78 is 30.9. The molecule has 0 aliphatic rings. The Labute approximate surface area is 94.4 Å². The first kappa shape index (κ1) is 12.1. The fourth-order valence-electron chi connectivity index (χ4n) is 0.857. The summed E-state index contributed by atoms with van der Waals surface area (Å²) in [6, 6.07) is 6.18. The first-order chi connectivity index (χ1) is 6.95. The monoisotopic (exact) mass is 278 g/mol. The fourth-order valence-corrected chi connectivity index (χ4v) is 1.23. The fraction of sp³-hybridized carbons (Fsp3) is 0.300.